The number of hydrogen-bond acceptors (Lipinski definition) is 6. The van der Waals surface area contributed by atoms with Crippen molar-refractivity contribution in [1.29, 1.82) is 0 Å². The molecule has 0 spiro atoms. The number of benzene rings is 1. The average Bonchev–Trinajstić information content (AvgIpc) is 2.96. The number of ether oxygens (including phenoxy) is 1. The van der Waals surface area contributed by atoms with Crippen LogP contribution in [0.1, 0.15) is 24.5 Å². The van der Waals surface area contributed by atoms with Crippen molar-refractivity contribution in [1.82, 2.24) is 5.32 Å². The smallest absolute Gasteiger partial charge is 0.340 e. The molecular weight excluding hydrogens is 418 g/mol. The lowest BCUT2D eigenvalue weighted by Crippen LogP contribution is -2.37. The van der Waals surface area contributed by atoms with Gasteiger partial charge in [-0.05, 0) is 37.5 Å². The third-order valence-electron chi connectivity index (χ3n) is 4.75. The van der Waals surface area contributed by atoms with Gasteiger partial charge >= 0.3 is 5.63 Å². The molecule has 1 amide bonds. The Morgan fingerprint density at radius 3 is 2.76 bits per heavy atom. The number of rotatable bonds is 6. The van der Waals surface area contributed by atoms with E-state index in [4.69, 9.17) is 20.8 Å². The quantitative estimate of drug-likeness (QED) is 0.548. The number of nitrogens with one attached hydrogen (secondary N) is 1. The molecule has 7 nitrogen and oxygen atoms in total. The molecule has 0 saturated carbocycles. The standard InChI is InChI=1S/C20H22ClNO6S/c1-11(2)9-27-18-8-17-14(6-16(18)21)12(3)15(20(24)28-17)7-19(23)22-13-4-5-29(25,26)10-13/h6,8,13H,1,4-5,7,9-10H2,2-3H3,(H,22,23)/t13-/m0/s1. The van der Waals surface area contributed by atoms with E-state index < -0.39 is 27.4 Å². The molecule has 3 rings (SSSR count). The van der Waals surface area contributed by atoms with E-state index in [1.54, 1.807) is 19.1 Å². The summed E-state index contributed by atoms with van der Waals surface area (Å²) in [6.45, 7) is 7.57. The van der Waals surface area contributed by atoms with Gasteiger partial charge in [-0.1, -0.05) is 18.2 Å². The molecule has 0 radical (unpaired) electrons. The van der Waals surface area contributed by atoms with E-state index in [0.717, 1.165) is 5.57 Å². The maximum absolute atomic E-state index is 12.5. The molecule has 1 fully saturated rings. The first-order valence-electron chi connectivity index (χ1n) is 9.08. The zero-order valence-electron chi connectivity index (χ0n) is 16.2. The summed E-state index contributed by atoms with van der Waals surface area (Å²) in [5.41, 5.74) is 1.29. The third kappa shape index (κ3) is 5.00. The van der Waals surface area contributed by atoms with Gasteiger partial charge in [-0.3, -0.25) is 4.79 Å². The van der Waals surface area contributed by atoms with Crippen molar-refractivity contribution in [2.75, 3.05) is 18.1 Å². The van der Waals surface area contributed by atoms with Crippen molar-refractivity contribution in [2.24, 2.45) is 0 Å². The first kappa shape index (κ1) is 21.4. The Balaban J connectivity index is 1.85. The fourth-order valence-corrected chi connectivity index (χ4v) is 5.15. The zero-order chi connectivity index (χ0) is 21.3. The maximum atomic E-state index is 12.5. The second kappa shape index (κ2) is 8.20. The molecule has 1 saturated heterocycles. The van der Waals surface area contributed by atoms with Gasteiger partial charge in [-0.15, -0.1) is 0 Å². The number of sulfone groups is 1. The summed E-state index contributed by atoms with van der Waals surface area (Å²) in [4.78, 5) is 24.8. The van der Waals surface area contributed by atoms with Gasteiger partial charge in [-0.2, -0.15) is 0 Å². The highest BCUT2D eigenvalue weighted by atomic mass is 35.5. The summed E-state index contributed by atoms with van der Waals surface area (Å²) >= 11 is 6.29. The summed E-state index contributed by atoms with van der Waals surface area (Å²) in [7, 11) is -3.11. The van der Waals surface area contributed by atoms with Gasteiger partial charge in [0.1, 0.15) is 17.9 Å². The largest absolute Gasteiger partial charge is 0.488 e. The Bertz CT molecular complexity index is 1150. The molecule has 0 unspecified atom stereocenters. The molecule has 156 valence electrons. The summed E-state index contributed by atoms with van der Waals surface area (Å²) in [6, 6.07) is 2.75. The number of carbonyl (C=O) groups is 1. The minimum absolute atomic E-state index is 0.0589. The fourth-order valence-electron chi connectivity index (χ4n) is 3.25. The average molecular weight is 440 g/mol. The molecule has 1 aromatic carbocycles. The van der Waals surface area contributed by atoms with Crippen LogP contribution < -0.4 is 15.7 Å². The van der Waals surface area contributed by atoms with Gasteiger partial charge in [-0.25, -0.2) is 13.2 Å². The van der Waals surface area contributed by atoms with E-state index in [-0.39, 0.29) is 30.1 Å². The van der Waals surface area contributed by atoms with Gasteiger partial charge in [0.05, 0.1) is 28.5 Å². The van der Waals surface area contributed by atoms with Crippen LogP contribution in [0.15, 0.2) is 33.5 Å². The molecule has 9 heteroatoms. The van der Waals surface area contributed by atoms with Gasteiger partial charge in [0.25, 0.3) is 0 Å². The minimum Gasteiger partial charge on any atom is -0.488 e. The second-order valence-electron chi connectivity index (χ2n) is 7.36. The Morgan fingerprint density at radius 1 is 1.41 bits per heavy atom. The Morgan fingerprint density at radius 2 is 2.14 bits per heavy atom. The van der Waals surface area contributed by atoms with Gasteiger partial charge in [0.15, 0.2) is 9.84 Å². The van der Waals surface area contributed by atoms with Crippen LogP contribution in [0.2, 0.25) is 5.02 Å². The first-order chi connectivity index (χ1) is 13.6. The summed E-state index contributed by atoms with van der Waals surface area (Å²) < 4.78 is 34.0. The summed E-state index contributed by atoms with van der Waals surface area (Å²) in [5, 5.41) is 3.63. The van der Waals surface area contributed by atoms with Crippen molar-refractivity contribution in [3.63, 3.8) is 0 Å². The highest BCUT2D eigenvalue weighted by molar-refractivity contribution is 7.91. The van der Waals surface area contributed by atoms with Crippen molar-refractivity contribution in [3.8, 4) is 5.75 Å². The molecule has 0 aliphatic carbocycles. The first-order valence-corrected chi connectivity index (χ1v) is 11.3. The number of aryl methyl sites for hydroxylation is 1. The number of halogens is 1. The number of hydrogen-bond donors (Lipinski definition) is 1. The van der Waals surface area contributed by atoms with Gasteiger partial charge in [0, 0.05) is 17.5 Å². The Hall–Kier alpha value is -2.32. The van der Waals surface area contributed by atoms with Crippen LogP contribution in [-0.4, -0.2) is 38.5 Å². The molecule has 0 bridgehead atoms. The molecule has 1 aromatic heterocycles. The van der Waals surface area contributed by atoms with E-state index in [1.807, 2.05) is 6.92 Å². The van der Waals surface area contributed by atoms with Crippen LogP contribution in [-0.2, 0) is 21.1 Å². The maximum Gasteiger partial charge on any atom is 0.340 e. The van der Waals surface area contributed by atoms with Crippen molar-refractivity contribution in [3.05, 3.63) is 50.9 Å². The lowest BCUT2D eigenvalue weighted by atomic mass is 10.0. The van der Waals surface area contributed by atoms with E-state index in [9.17, 15) is 18.0 Å². The highest BCUT2D eigenvalue weighted by Crippen LogP contribution is 2.32. The zero-order valence-corrected chi connectivity index (χ0v) is 17.8. The topological polar surface area (TPSA) is 103 Å². The van der Waals surface area contributed by atoms with Crippen LogP contribution in [0.5, 0.6) is 5.75 Å². The van der Waals surface area contributed by atoms with Crippen molar-refractivity contribution < 1.29 is 22.4 Å². The van der Waals surface area contributed by atoms with Crippen LogP contribution in [0.4, 0.5) is 0 Å². The van der Waals surface area contributed by atoms with Crippen LogP contribution in [0.3, 0.4) is 0 Å². The normalized spacial score (nSPS) is 18.0. The summed E-state index contributed by atoms with van der Waals surface area (Å²) in [5.74, 6) is -0.0669. The van der Waals surface area contributed by atoms with Crippen LogP contribution in [0.25, 0.3) is 11.0 Å². The van der Waals surface area contributed by atoms with Crippen LogP contribution in [0, 0.1) is 6.92 Å². The molecular formula is C20H22ClNO6S. The predicted molar refractivity (Wildman–Crippen MR) is 111 cm³/mol. The number of carbonyl (C=O) groups excluding carboxylic acids is 1. The molecule has 1 aliphatic rings. The van der Waals surface area contributed by atoms with E-state index in [1.165, 1.54) is 0 Å². The second-order valence-corrected chi connectivity index (χ2v) is 10.00. The molecule has 2 heterocycles. The molecule has 29 heavy (non-hydrogen) atoms. The summed E-state index contributed by atoms with van der Waals surface area (Å²) in [6.07, 6.45) is 0.175. The van der Waals surface area contributed by atoms with Crippen LogP contribution >= 0.6 is 11.6 Å². The van der Waals surface area contributed by atoms with Gasteiger partial charge < -0.3 is 14.5 Å². The number of amides is 1. The van der Waals surface area contributed by atoms with Gasteiger partial charge in [0.2, 0.25) is 5.91 Å². The monoisotopic (exact) mass is 439 g/mol. The highest BCUT2D eigenvalue weighted by Gasteiger charge is 2.29. The Labute approximate surface area is 173 Å². The molecule has 1 N–H and O–H groups in total. The van der Waals surface area contributed by atoms with Crippen molar-refractivity contribution in [2.45, 2.75) is 32.7 Å². The predicted octanol–water partition coefficient (Wildman–Crippen LogP) is 2.56. The van der Waals surface area contributed by atoms with E-state index in [0.29, 0.717) is 33.7 Å². The lowest BCUT2D eigenvalue weighted by Gasteiger charge is -2.13. The van der Waals surface area contributed by atoms with E-state index >= 15 is 0 Å². The third-order valence-corrected chi connectivity index (χ3v) is 6.81. The molecule has 2 aromatic rings. The molecule has 1 atom stereocenters. The number of fused-ring (bicyclic) bond motifs is 1. The fraction of sp³-hybridized carbons (Fsp3) is 0.400. The Kier molecular flexibility index (Phi) is 6.05. The lowest BCUT2D eigenvalue weighted by molar-refractivity contribution is -0.121. The molecule has 1 aliphatic heterocycles. The van der Waals surface area contributed by atoms with Crippen molar-refractivity contribution >= 4 is 38.3 Å². The van der Waals surface area contributed by atoms with E-state index in [2.05, 4.69) is 11.9 Å². The SMILES string of the molecule is C=C(C)COc1cc2oc(=O)c(CC(=O)N[C@H]3CCS(=O)(=O)C3)c(C)c2cc1Cl. The minimum atomic E-state index is -3.11.